The van der Waals surface area contributed by atoms with Gasteiger partial charge in [-0.25, -0.2) is 8.42 Å². The molecule has 1 saturated heterocycles. The standard InChI is InChI=1S/C22H24N4O2S/c1-17-8-9-20(16-18(17)2)29(27,28)26-14-12-25(13-15-26)22-11-10-21(23-24-22)19-6-4-3-5-7-19/h3-11,16H,12-15H2,1-2H3. The van der Waals surface area contributed by atoms with Crippen molar-refractivity contribution >= 4 is 15.8 Å². The minimum Gasteiger partial charge on any atom is -0.352 e. The number of sulfonamides is 1. The molecule has 3 aromatic rings. The Morgan fingerprint density at radius 1 is 0.793 bits per heavy atom. The van der Waals surface area contributed by atoms with E-state index in [0.29, 0.717) is 31.1 Å². The Morgan fingerprint density at radius 2 is 1.52 bits per heavy atom. The molecule has 1 fully saturated rings. The molecule has 4 rings (SSSR count). The molecule has 0 unspecified atom stereocenters. The van der Waals surface area contributed by atoms with E-state index in [1.165, 1.54) is 0 Å². The summed E-state index contributed by atoms with van der Waals surface area (Å²) in [4.78, 5) is 2.44. The summed E-state index contributed by atoms with van der Waals surface area (Å²) in [5.41, 5.74) is 3.92. The van der Waals surface area contributed by atoms with Gasteiger partial charge in [-0.3, -0.25) is 0 Å². The molecule has 0 amide bonds. The Kier molecular flexibility index (Phi) is 5.34. The third kappa shape index (κ3) is 4.02. The predicted molar refractivity (Wildman–Crippen MR) is 114 cm³/mol. The smallest absolute Gasteiger partial charge is 0.243 e. The molecule has 0 N–H and O–H groups in total. The second-order valence-electron chi connectivity index (χ2n) is 7.28. The topological polar surface area (TPSA) is 66.4 Å². The van der Waals surface area contributed by atoms with Crippen LogP contribution in [0.5, 0.6) is 0 Å². The Morgan fingerprint density at radius 3 is 2.14 bits per heavy atom. The van der Waals surface area contributed by atoms with E-state index in [2.05, 4.69) is 15.1 Å². The minimum absolute atomic E-state index is 0.362. The van der Waals surface area contributed by atoms with Crippen LogP contribution < -0.4 is 4.90 Å². The number of aromatic nitrogens is 2. The van der Waals surface area contributed by atoms with E-state index in [0.717, 1.165) is 28.2 Å². The average Bonchev–Trinajstić information content (AvgIpc) is 2.76. The fourth-order valence-corrected chi connectivity index (χ4v) is 4.95. The molecule has 150 valence electrons. The van der Waals surface area contributed by atoms with Gasteiger partial charge < -0.3 is 4.90 Å². The van der Waals surface area contributed by atoms with E-state index in [-0.39, 0.29) is 0 Å². The van der Waals surface area contributed by atoms with Crippen LogP contribution in [0.3, 0.4) is 0 Å². The number of rotatable bonds is 4. The summed E-state index contributed by atoms with van der Waals surface area (Å²) >= 11 is 0. The molecule has 0 aliphatic carbocycles. The van der Waals surface area contributed by atoms with Crippen molar-refractivity contribution in [1.29, 1.82) is 0 Å². The lowest BCUT2D eigenvalue weighted by Crippen LogP contribution is -2.49. The first-order valence-corrected chi connectivity index (χ1v) is 11.1. The highest BCUT2D eigenvalue weighted by atomic mass is 32.2. The summed E-state index contributed by atoms with van der Waals surface area (Å²) < 4.78 is 27.5. The lowest BCUT2D eigenvalue weighted by Gasteiger charge is -2.34. The van der Waals surface area contributed by atoms with Crippen molar-refractivity contribution in [3.63, 3.8) is 0 Å². The van der Waals surface area contributed by atoms with E-state index in [9.17, 15) is 8.42 Å². The van der Waals surface area contributed by atoms with Gasteiger partial charge >= 0.3 is 0 Å². The highest BCUT2D eigenvalue weighted by molar-refractivity contribution is 7.89. The zero-order chi connectivity index (χ0) is 20.4. The molecule has 1 aliphatic heterocycles. The second kappa shape index (κ2) is 7.93. The van der Waals surface area contributed by atoms with E-state index in [1.54, 1.807) is 16.4 Å². The van der Waals surface area contributed by atoms with Crippen molar-refractivity contribution in [2.45, 2.75) is 18.7 Å². The molecule has 0 radical (unpaired) electrons. The number of nitrogens with zero attached hydrogens (tertiary/aromatic N) is 4. The molecular formula is C22H24N4O2S. The van der Waals surface area contributed by atoms with E-state index in [1.807, 2.05) is 62.4 Å². The van der Waals surface area contributed by atoms with Gasteiger partial charge in [-0.15, -0.1) is 10.2 Å². The van der Waals surface area contributed by atoms with E-state index < -0.39 is 10.0 Å². The Labute approximate surface area is 171 Å². The molecule has 0 spiro atoms. The number of aryl methyl sites for hydroxylation is 2. The lowest BCUT2D eigenvalue weighted by atomic mass is 10.1. The molecule has 0 atom stereocenters. The third-order valence-corrected chi connectivity index (χ3v) is 7.29. The predicted octanol–water partition coefficient (Wildman–Crippen LogP) is 3.27. The molecule has 1 aromatic heterocycles. The van der Waals surface area contributed by atoms with Crippen LogP contribution in [0, 0.1) is 13.8 Å². The van der Waals surface area contributed by atoms with Crippen LogP contribution in [-0.4, -0.2) is 49.1 Å². The Balaban J connectivity index is 1.44. The summed E-state index contributed by atoms with van der Waals surface area (Å²) in [7, 11) is -3.48. The molecule has 0 bridgehead atoms. The molecule has 0 saturated carbocycles. The van der Waals surface area contributed by atoms with E-state index >= 15 is 0 Å². The minimum atomic E-state index is -3.48. The fourth-order valence-electron chi connectivity index (χ4n) is 3.44. The van der Waals surface area contributed by atoms with Gasteiger partial charge in [-0.2, -0.15) is 4.31 Å². The van der Waals surface area contributed by atoms with Crippen LogP contribution in [0.2, 0.25) is 0 Å². The highest BCUT2D eigenvalue weighted by Crippen LogP contribution is 2.23. The van der Waals surface area contributed by atoms with Crippen molar-refractivity contribution in [3.8, 4) is 11.3 Å². The maximum absolute atomic E-state index is 13.0. The van der Waals surface area contributed by atoms with Crippen molar-refractivity contribution in [2.24, 2.45) is 0 Å². The van der Waals surface area contributed by atoms with Gasteiger partial charge in [0, 0.05) is 31.7 Å². The normalized spacial score (nSPS) is 15.4. The molecule has 1 aliphatic rings. The van der Waals surface area contributed by atoms with Gasteiger partial charge in [0.15, 0.2) is 5.82 Å². The largest absolute Gasteiger partial charge is 0.352 e. The molecule has 7 heteroatoms. The number of piperazine rings is 1. The van der Waals surface area contributed by atoms with Gasteiger partial charge in [0.05, 0.1) is 10.6 Å². The van der Waals surface area contributed by atoms with Crippen LogP contribution in [0.1, 0.15) is 11.1 Å². The molecule has 2 heterocycles. The van der Waals surface area contributed by atoms with Gasteiger partial charge in [0.2, 0.25) is 10.0 Å². The zero-order valence-electron chi connectivity index (χ0n) is 16.6. The summed E-state index contributed by atoms with van der Waals surface area (Å²) in [6.07, 6.45) is 0. The van der Waals surface area contributed by atoms with Crippen LogP contribution in [0.25, 0.3) is 11.3 Å². The van der Waals surface area contributed by atoms with Gasteiger partial charge in [-0.1, -0.05) is 36.4 Å². The highest BCUT2D eigenvalue weighted by Gasteiger charge is 2.29. The van der Waals surface area contributed by atoms with Crippen molar-refractivity contribution < 1.29 is 8.42 Å². The van der Waals surface area contributed by atoms with Crippen LogP contribution in [-0.2, 0) is 10.0 Å². The second-order valence-corrected chi connectivity index (χ2v) is 9.22. The van der Waals surface area contributed by atoms with Gasteiger partial charge in [0.25, 0.3) is 0 Å². The van der Waals surface area contributed by atoms with E-state index in [4.69, 9.17) is 0 Å². The van der Waals surface area contributed by atoms with Crippen molar-refractivity contribution in [2.75, 3.05) is 31.1 Å². The van der Waals surface area contributed by atoms with Crippen LogP contribution in [0.4, 0.5) is 5.82 Å². The first-order chi connectivity index (χ1) is 13.9. The number of anilines is 1. The number of benzene rings is 2. The monoisotopic (exact) mass is 408 g/mol. The Bertz CT molecular complexity index is 1090. The van der Waals surface area contributed by atoms with Crippen molar-refractivity contribution in [3.05, 3.63) is 71.8 Å². The quantitative estimate of drug-likeness (QED) is 0.663. The maximum atomic E-state index is 13.0. The molecule has 29 heavy (non-hydrogen) atoms. The van der Waals surface area contributed by atoms with Gasteiger partial charge in [-0.05, 0) is 49.2 Å². The Hall–Kier alpha value is -2.77. The summed E-state index contributed by atoms with van der Waals surface area (Å²) in [5, 5.41) is 8.69. The molecular weight excluding hydrogens is 384 g/mol. The van der Waals surface area contributed by atoms with Crippen LogP contribution >= 0.6 is 0 Å². The number of hydrogen-bond acceptors (Lipinski definition) is 5. The van der Waals surface area contributed by atoms with Gasteiger partial charge in [0.1, 0.15) is 0 Å². The SMILES string of the molecule is Cc1ccc(S(=O)(=O)N2CCN(c3ccc(-c4ccccc4)nn3)CC2)cc1C. The molecule has 6 nitrogen and oxygen atoms in total. The first-order valence-electron chi connectivity index (χ1n) is 9.67. The lowest BCUT2D eigenvalue weighted by molar-refractivity contribution is 0.383. The summed E-state index contributed by atoms with van der Waals surface area (Å²) in [5.74, 6) is 0.771. The summed E-state index contributed by atoms with van der Waals surface area (Å²) in [6.45, 7) is 5.94. The average molecular weight is 409 g/mol. The third-order valence-electron chi connectivity index (χ3n) is 5.40. The van der Waals surface area contributed by atoms with Crippen LogP contribution in [0.15, 0.2) is 65.6 Å². The van der Waals surface area contributed by atoms with Crippen molar-refractivity contribution in [1.82, 2.24) is 14.5 Å². The summed E-state index contributed by atoms with van der Waals surface area (Å²) in [6, 6.07) is 19.1. The maximum Gasteiger partial charge on any atom is 0.243 e. The molecule has 2 aromatic carbocycles. The first kappa shape index (κ1) is 19.5. The zero-order valence-corrected chi connectivity index (χ0v) is 17.4. The fraction of sp³-hybridized carbons (Fsp3) is 0.273. The number of hydrogen-bond donors (Lipinski definition) is 0.